The van der Waals surface area contributed by atoms with Crippen molar-refractivity contribution in [2.45, 2.75) is 115 Å². The Kier molecular flexibility index (Phi) is 12.3. The van der Waals surface area contributed by atoms with Crippen molar-refractivity contribution < 1.29 is 33.8 Å². The summed E-state index contributed by atoms with van der Waals surface area (Å²) < 4.78 is 5.71. The predicted molar refractivity (Wildman–Crippen MR) is 274 cm³/mol. The highest BCUT2D eigenvalue weighted by molar-refractivity contribution is 7.14. The van der Waals surface area contributed by atoms with Crippen LogP contribution in [0.5, 0.6) is 5.88 Å². The fourth-order valence-electron chi connectivity index (χ4n) is 12.0. The minimum absolute atomic E-state index is 0.0579. The molecule has 3 N–H and O–H groups in total. The van der Waals surface area contributed by atoms with Gasteiger partial charge in [0.2, 0.25) is 17.7 Å². The van der Waals surface area contributed by atoms with Crippen molar-refractivity contribution in [1.82, 2.24) is 30.1 Å². The van der Waals surface area contributed by atoms with Gasteiger partial charge in [-0.05, 0) is 138 Å². The van der Waals surface area contributed by atoms with Gasteiger partial charge in [0, 0.05) is 91.4 Å². The van der Waals surface area contributed by atoms with Crippen molar-refractivity contribution in [3.8, 4) is 17.0 Å². The zero-order valence-electron chi connectivity index (χ0n) is 41.4. The first kappa shape index (κ1) is 47.6. The number of rotatable bonds is 10. The van der Waals surface area contributed by atoms with Gasteiger partial charge in [0.1, 0.15) is 23.4 Å². The van der Waals surface area contributed by atoms with E-state index in [4.69, 9.17) is 14.7 Å². The number of hydrogen-bond donors (Lipinski definition) is 3. The molecule has 5 amide bonds. The van der Waals surface area contributed by atoms with E-state index in [1.807, 2.05) is 30.5 Å². The Bertz CT molecular complexity index is 3020. The second-order valence-electron chi connectivity index (χ2n) is 20.6. The molecule has 1 aliphatic carbocycles. The topological polar surface area (TPSA) is 194 Å². The molecule has 3 saturated heterocycles. The number of amides is 5. The van der Waals surface area contributed by atoms with Crippen LogP contribution in [-0.4, -0.2) is 123 Å². The first-order valence-corrected chi connectivity index (χ1v) is 26.1. The minimum Gasteiger partial charge on any atom is -0.480 e. The lowest BCUT2D eigenvalue weighted by Crippen LogP contribution is -2.58. The third-order valence-corrected chi connectivity index (χ3v) is 16.9. The van der Waals surface area contributed by atoms with Gasteiger partial charge >= 0.3 is 0 Å². The third-order valence-electron chi connectivity index (χ3n) is 15.6. The van der Waals surface area contributed by atoms with Gasteiger partial charge in [-0.15, -0.1) is 11.3 Å². The summed E-state index contributed by atoms with van der Waals surface area (Å²) in [6, 6.07) is 13.0. The molecular formula is C54H60N10O7S. The van der Waals surface area contributed by atoms with Crippen LogP contribution in [0.15, 0.2) is 61.1 Å². The zero-order valence-corrected chi connectivity index (χ0v) is 42.2. The molecule has 18 heteroatoms. The highest BCUT2D eigenvalue weighted by Crippen LogP contribution is 2.44. The summed E-state index contributed by atoms with van der Waals surface area (Å²) in [6.07, 6.45) is 12.5. The molecule has 5 aromatic rings. The molecule has 0 bridgehead atoms. The molecule has 72 heavy (non-hydrogen) atoms. The van der Waals surface area contributed by atoms with Crippen LogP contribution in [0.4, 0.5) is 28.7 Å². The Morgan fingerprint density at radius 1 is 0.778 bits per heavy atom. The molecule has 17 nitrogen and oxygen atoms in total. The predicted octanol–water partition coefficient (Wildman–Crippen LogP) is 6.63. The Labute approximate surface area is 422 Å². The van der Waals surface area contributed by atoms with Crippen LogP contribution >= 0.6 is 11.3 Å². The maximum atomic E-state index is 14.2. The molecule has 3 fully saturated rings. The molecule has 6 aliphatic rings. The van der Waals surface area contributed by atoms with Crippen molar-refractivity contribution in [1.29, 1.82) is 0 Å². The molecule has 0 spiro atoms. The van der Waals surface area contributed by atoms with Crippen LogP contribution in [0, 0.1) is 0 Å². The molecule has 0 radical (unpaired) electrons. The monoisotopic (exact) mass is 992 g/mol. The molecule has 4 atom stereocenters. The van der Waals surface area contributed by atoms with E-state index in [-0.39, 0.29) is 36.4 Å². The number of thiophene rings is 1. The number of pyridine rings is 3. The number of fused-ring (bicyclic) bond motifs is 4. The highest BCUT2D eigenvalue weighted by atomic mass is 32.1. The maximum absolute atomic E-state index is 14.2. The fourth-order valence-corrected chi connectivity index (χ4v) is 13.4. The first-order valence-electron chi connectivity index (χ1n) is 25.2. The van der Waals surface area contributed by atoms with Gasteiger partial charge in [0.25, 0.3) is 17.7 Å². The molecule has 9 heterocycles. The molecule has 1 aromatic carbocycles. The molecule has 5 aliphatic heterocycles. The number of piperazine rings is 1. The number of nitrogens with zero attached hydrogens (tertiary/aromatic N) is 8. The van der Waals surface area contributed by atoms with Crippen molar-refractivity contribution in [2.24, 2.45) is 0 Å². The van der Waals surface area contributed by atoms with Crippen LogP contribution in [0.1, 0.15) is 118 Å². The summed E-state index contributed by atoms with van der Waals surface area (Å²) in [5.74, 6) is -0.618. The van der Waals surface area contributed by atoms with Gasteiger partial charge in [-0.2, -0.15) is 0 Å². The number of methoxy groups -OCH3 is 1. The van der Waals surface area contributed by atoms with Crippen LogP contribution in [0.25, 0.3) is 11.1 Å². The van der Waals surface area contributed by atoms with Crippen LogP contribution in [0.3, 0.4) is 0 Å². The number of ether oxygens (including phenoxy) is 1. The Balaban J connectivity index is 0.740. The number of benzene rings is 1. The van der Waals surface area contributed by atoms with E-state index in [2.05, 4.69) is 50.2 Å². The van der Waals surface area contributed by atoms with Crippen molar-refractivity contribution in [2.75, 3.05) is 59.9 Å². The van der Waals surface area contributed by atoms with Gasteiger partial charge in [0.05, 0.1) is 40.6 Å². The average molecular weight is 993 g/mol. The third kappa shape index (κ3) is 8.45. The highest BCUT2D eigenvalue weighted by Gasteiger charge is 2.45. The Hall–Kier alpha value is -6.76. The van der Waals surface area contributed by atoms with E-state index in [0.717, 1.165) is 97.8 Å². The molecule has 11 rings (SSSR count). The van der Waals surface area contributed by atoms with Crippen molar-refractivity contribution in [3.05, 3.63) is 98.6 Å². The van der Waals surface area contributed by atoms with Crippen molar-refractivity contribution >= 4 is 69.6 Å². The standard InChI is InChI=1S/C54H60N10O7S/c1-30-24-33(17-20-61(30)34-10-12-39-40(26-34)52(68)64(51(39)67)42-13-15-45(65)59-49(42)66)60-22-23-62(31(2)29-60)35-11-14-44(56-28-35)58-41-25-32(27-57-50(41)71-5)36-16-19-55-48(46(36)54(3,4)70)63-21-18-38-37-8-6-7-9-43(37)72-47(38)53(63)69/h10-12,14,16,19,25-28,30-31,33,42,70H,6-9,13,15,17-18,20-24,29H2,1-5H3,(H,56,58)(H,59,65,66)/t30-,31-,33?,42-/m0/s1. The summed E-state index contributed by atoms with van der Waals surface area (Å²) in [4.78, 5) is 91.9. The number of nitrogens with one attached hydrogen (secondary N) is 2. The lowest BCUT2D eigenvalue weighted by Gasteiger charge is -2.48. The van der Waals surface area contributed by atoms with E-state index in [1.54, 1.807) is 61.7 Å². The number of carbonyl (C=O) groups is 5. The first-order chi connectivity index (χ1) is 34.7. The van der Waals surface area contributed by atoms with Crippen LogP contribution in [-0.2, 0) is 34.5 Å². The summed E-state index contributed by atoms with van der Waals surface area (Å²) in [7, 11) is 1.57. The van der Waals surface area contributed by atoms with Gasteiger partial charge in [0.15, 0.2) is 0 Å². The van der Waals surface area contributed by atoms with Crippen molar-refractivity contribution in [3.63, 3.8) is 0 Å². The fraction of sp³-hybridized carbons (Fsp3) is 0.444. The van der Waals surface area contributed by atoms with E-state index in [9.17, 15) is 29.1 Å². The number of imide groups is 2. The normalized spacial score (nSPS) is 22.7. The maximum Gasteiger partial charge on any atom is 0.269 e. The van der Waals surface area contributed by atoms with Crippen LogP contribution < -0.4 is 30.1 Å². The smallest absolute Gasteiger partial charge is 0.269 e. The largest absolute Gasteiger partial charge is 0.480 e. The summed E-state index contributed by atoms with van der Waals surface area (Å²) in [5.41, 5.74) is 6.29. The number of piperidine rings is 2. The van der Waals surface area contributed by atoms with E-state index >= 15 is 0 Å². The van der Waals surface area contributed by atoms with E-state index in [0.29, 0.717) is 52.5 Å². The summed E-state index contributed by atoms with van der Waals surface area (Å²) >= 11 is 1.63. The van der Waals surface area contributed by atoms with E-state index < -0.39 is 35.3 Å². The zero-order chi connectivity index (χ0) is 50.2. The quantitative estimate of drug-likeness (QED) is 0.126. The summed E-state index contributed by atoms with van der Waals surface area (Å²) in [6.45, 7) is 11.8. The SMILES string of the molecule is COc1ncc(-c2ccnc(N3CCc4c(sc5c4CCCC5)C3=O)c2C(C)(C)O)cc1Nc1ccc(N2CCN(C3CCN(c4ccc5c(c4)C(=O)N([C@H]4CCC(=O)NC4=O)C5=O)[C@@H](C)C3)C[C@@H]2C)cn1. The average Bonchev–Trinajstić information content (AvgIpc) is 3.87. The number of anilines is 5. The molecular weight excluding hydrogens is 933 g/mol. The van der Waals surface area contributed by atoms with Gasteiger partial charge in [-0.3, -0.25) is 44.0 Å². The Morgan fingerprint density at radius 3 is 2.32 bits per heavy atom. The lowest BCUT2D eigenvalue weighted by molar-refractivity contribution is -0.136. The second-order valence-corrected chi connectivity index (χ2v) is 21.7. The lowest BCUT2D eigenvalue weighted by atomic mass is 9.89. The number of aryl methyl sites for hydroxylation is 1. The van der Waals surface area contributed by atoms with Crippen LogP contribution in [0.2, 0.25) is 0 Å². The summed E-state index contributed by atoms with van der Waals surface area (Å²) in [5, 5.41) is 17.4. The molecule has 374 valence electrons. The van der Waals surface area contributed by atoms with Gasteiger partial charge in [-0.1, -0.05) is 0 Å². The second kappa shape index (κ2) is 18.7. The van der Waals surface area contributed by atoms with E-state index in [1.165, 1.54) is 16.0 Å². The van der Waals surface area contributed by atoms with Gasteiger partial charge in [-0.25, -0.2) is 15.0 Å². The molecule has 0 saturated carbocycles. The molecule has 1 unspecified atom stereocenters. The number of aliphatic hydroxyl groups is 1. The number of aromatic nitrogens is 3. The molecule has 4 aromatic heterocycles. The number of carbonyl (C=O) groups excluding carboxylic acids is 5. The van der Waals surface area contributed by atoms with Gasteiger partial charge < -0.3 is 25.0 Å². The minimum atomic E-state index is -1.34. The number of hydrogen-bond acceptors (Lipinski definition) is 15. The Morgan fingerprint density at radius 2 is 1.57 bits per heavy atom.